The van der Waals surface area contributed by atoms with Gasteiger partial charge in [-0.25, -0.2) is 9.98 Å². The molecule has 1 unspecified atom stereocenters. The molecular formula is C14H14BrN5. The van der Waals surface area contributed by atoms with Crippen molar-refractivity contribution in [2.45, 2.75) is 5.66 Å². The van der Waals surface area contributed by atoms with Gasteiger partial charge in [-0.2, -0.15) is 0 Å². The fourth-order valence-corrected chi connectivity index (χ4v) is 2.65. The average molecular weight is 332 g/mol. The number of aliphatic imine (C=N–C) groups is 1. The third kappa shape index (κ3) is 2.07. The topological polar surface area (TPSA) is 75.3 Å². The summed E-state index contributed by atoms with van der Waals surface area (Å²) in [6, 6.07) is 9.78. The molecule has 0 radical (unpaired) electrons. The summed E-state index contributed by atoms with van der Waals surface area (Å²) in [5.41, 5.74) is 8.32. The first kappa shape index (κ1) is 13.1. The number of hydrogen-bond donors (Lipinski definition) is 3. The van der Waals surface area contributed by atoms with Gasteiger partial charge in [-0.3, -0.25) is 5.73 Å². The number of pyridine rings is 1. The molecule has 1 aromatic carbocycles. The minimum Gasteiger partial charge on any atom is -0.373 e. The Morgan fingerprint density at radius 2 is 2.20 bits per heavy atom. The Morgan fingerprint density at radius 1 is 1.35 bits per heavy atom. The minimum absolute atomic E-state index is 0.757. The molecule has 20 heavy (non-hydrogen) atoms. The second-order valence-electron chi connectivity index (χ2n) is 4.54. The van der Waals surface area contributed by atoms with Gasteiger partial charge in [0.05, 0.1) is 18.2 Å². The van der Waals surface area contributed by atoms with Gasteiger partial charge < -0.3 is 10.6 Å². The number of halogens is 1. The van der Waals surface area contributed by atoms with E-state index in [2.05, 4.69) is 36.5 Å². The van der Waals surface area contributed by atoms with Crippen LogP contribution in [0.5, 0.6) is 0 Å². The van der Waals surface area contributed by atoms with E-state index in [-0.39, 0.29) is 0 Å². The van der Waals surface area contributed by atoms with E-state index in [4.69, 9.17) is 5.73 Å². The number of hydrogen-bond acceptors (Lipinski definition) is 5. The van der Waals surface area contributed by atoms with E-state index < -0.39 is 5.66 Å². The molecule has 0 saturated carbocycles. The lowest BCUT2D eigenvalue weighted by Gasteiger charge is -2.31. The normalized spacial score (nSPS) is 20.1. The van der Waals surface area contributed by atoms with Crippen LogP contribution in [0.15, 0.2) is 46.0 Å². The summed E-state index contributed by atoms with van der Waals surface area (Å²) in [7, 11) is 1.82. The zero-order chi connectivity index (χ0) is 14.2. The van der Waals surface area contributed by atoms with Crippen molar-refractivity contribution in [2.24, 2.45) is 10.7 Å². The van der Waals surface area contributed by atoms with Gasteiger partial charge in [-0.05, 0) is 23.8 Å². The zero-order valence-electron chi connectivity index (χ0n) is 10.9. The van der Waals surface area contributed by atoms with Crippen molar-refractivity contribution in [1.82, 2.24) is 4.98 Å². The van der Waals surface area contributed by atoms with Gasteiger partial charge in [0.2, 0.25) is 0 Å². The van der Waals surface area contributed by atoms with E-state index in [1.807, 2.05) is 37.4 Å². The summed E-state index contributed by atoms with van der Waals surface area (Å²) in [6.07, 6.45) is 3.37. The molecule has 2 heterocycles. The van der Waals surface area contributed by atoms with Crippen LogP contribution in [0.1, 0.15) is 11.1 Å². The molecule has 6 heteroatoms. The van der Waals surface area contributed by atoms with E-state index in [1.165, 1.54) is 0 Å². The van der Waals surface area contributed by atoms with Gasteiger partial charge in [-0.15, -0.1) is 0 Å². The Balaban J connectivity index is 2.19. The first-order chi connectivity index (χ1) is 9.63. The Bertz CT molecular complexity index is 685. The van der Waals surface area contributed by atoms with Crippen LogP contribution in [0.25, 0.3) is 0 Å². The third-order valence-electron chi connectivity index (χ3n) is 3.32. The Kier molecular flexibility index (Phi) is 3.19. The Morgan fingerprint density at radius 3 is 2.95 bits per heavy atom. The fourth-order valence-electron chi connectivity index (χ4n) is 2.25. The fraction of sp³-hybridized carbons (Fsp3) is 0.143. The van der Waals surface area contributed by atoms with E-state index >= 15 is 0 Å². The number of nitrogens with zero attached hydrogens (tertiary/aromatic N) is 2. The van der Waals surface area contributed by atoms with Crippen LogP contribution in [-0.4, -0.2) is 18.4 Å². The van der Waals surface area contributed by atoms with Crippen LogP contribution in [0.3, 0.4) is 0 Å². The molecule has 1 atom stereocenters. The van der Waals surface area contributed by atoms with E-state index in [9.17, 15) is 0 Å². The molecule has 0 amide bonds. The highest BCUT2D eigenvalue weighted by molar-refractivity contribution is 9.10. The number of rotatable bonds is 2. The quantitative estimate of drug-likeness (QED) is 0.790. The van der Waals surface area contributed by atoms with Gasteiger partial charge in [0.25, 0.3) is 0 Å². The molecule has 0 aliphatic carbocycles. The number of aromatic nitrogens is 1. The molecule has 4 N–H and O–H groups in total. The molecule has 0 spiro atoms. The van der Waals surface area contributed by atoms with E-state index in [0.717, 1.165) is 27.1 Å². The molecule has 102 valence electrons. The van der Waals surface area contributed by atoms with Crippen LogP contribution in [-0.2, 0) is 5.66 Å². The summed E-state index contributed by atoms with van der Waals surface area (Å²) < 4.78 is 0.970. The number of fused-ring (bicyclic) bond motifs is 1. The van der Waals surface area contributed by atoms with Crippen molar-refractivity contribution in [3.8, 4) is 0 Å². The van der Waals surface area contributed by atoms with Crippen LogP contribution >= 0.6 is 15.9 Å². The van der Waals surface area contributed by atoms with Gasteiger partial charge >= 0.3 is 0 Å². The van der Waals surface area contributed by atoms with Crippen LogP contribution in [0.4, 0.5) is 11.5 Å². The van der Waals surface area contributed by atoms with Crippen molar-refractivity contribution in [1.29, 1.82) is 0 Å². The molecule has 0 saturated heterocycles. The maximum absolute atomic E-state index is 6.57. The van der Waals surface area contributed by atoms with Crippen LogP contribution in [0.2, 0.25) is 0 Å². The van der Waals surface area contributed by atoms with Gasteiger partial charge in [0.15, 0.2) is 5.66 Å². The van der Waals surface area contributed by atoms with Crippen molar-refractivity contribution in [3.05, 3.63) is 52.1 Å². The number of anilines is 2. The van der Waals surface area contributed by atoms with Gasteiger partial charge in [0, 0.05) is 17.1 Å². The second kappa shape index (κ2) is 4.88. The summed E-state index contributed by atoms with van der Waals surface area (Å²) in [5, 5.41) is 6.10. The average Bonchev–Trinajstić information content (AvgIpc) is 2.47. The van der Waals surface area contributed by atoms with Crippen LogP contribution < -0.4 is 16.4 Å². The molecule has 2 aromatic rings. The van der Waals surface area contributed by atoms with Gasteiger partial charge in [0.1, 0.15) is 5.82 Å². The molecule has 5 nitrogen and oxygen atoms in total. The molecule has 3 rings (SSSR count). The predicted octanol–water partition coefficient (Wildman–Crippen LogP) is 2.50. The molecule has 1 aliphatic rings. The SMILES string of the molecule is CNc1cc2c(cn1)NC=NC2(N)c1cccc(Br)c1. The lowest BCUT2D eigenvalue weighted by atomic mass is 9.91. The molecule has 1 aromatic heterocycles. The first-order valence-corrected chi connectivity index (χ1v) is 6.96. The Hall–Kier alpha value is -1.92. The maximum atomic E-state index is 6.57. The molecule has 1 aliphatic heterocycles. The number of nitrogens with one attached hydrogen (secondary N) is 2. The summed E-state index contributed by atoms with van der Waals surface area (Å²) in [4.78, 5) is 8.74. The van der Waals surface area contributed by atoms with Crippen molar-refractivity contribution in [2.75, 3.05) is 17.7 Å². The minimum atomic E-state index is -0.918. The van der Waals surface area contributed by atoms with Crippen molar-refractivity contribution < 1.29 is 0 Å². The van der Waals surface area contributed by atoms with Crippen molar-refractivity contribution in [3.63, 3.8) is 0 Å². The highest BCUT2D eigenvalue weighted by Crippen LogP contribution is 2.37. The highest BCUT2D eigenvalue weighted by atomic mass is 79.9. The lowest BCUT2D eigenvalue weighted by molar-refractivity contribution is 0.570. The number of benzene rings is 1. The predicted molar refractivity (Wildman–Crippen MR) is 85.0 cm³/mol. The van der Waals surface area contributed by atoms with E-state index in [0.29, 0.717) is 0 Å². The zero-order valence-corrected chi connectivity index (χ0v) is 12.5. The first-order valence-electron chi connectivity index (χ1n) is 6.17. The summed E-state index contributed by atoms with van der Waals surface area (Å²) in [5.74, 6) is 0.757. The van der Waals surface area contributed by atoms with Crippen LogP contribution in [0, 0.1) is 0 Å². The highest BCUT2D eigenvalue weighted by Gasteiger charge is 2.34. The Labute approximate surface area is 125 Å². The largest absolute Gasteiger partial charge is 0.373 e. The monoisotopic (exact) mass is 331 g/mol. The molecule has 0 fully saturated rings. The second-order valence-corrected chi connectivity index (χ2v) is 5.46. The van der Waals surface area contributed by atoms with Gasteiger partial charge in [-0.1, -0.05) is 28.1 Å². The molecule has 0 bridgehead atoms. The maximum Gasteiger partial charge on any atom is 0.163 e. The number of nitrogens with two attached hydrogens (primary N) is 1. The van der Waals surface area contributed by atoms with Crippen molar-refractivity contribution >= 4 is 33.8 Å². The lowest BCUT2D eigenvalue weighted by Crippen LogP contribution is -2.39. The smallest absolute Gasteiger partial charge is 0.163 e. The molecular weight excluding hydrogens is 318 g/mol. The third-order valence-corrected chi connectivity index (χ3v) is 3.82. The summed E-state index contributed by atoms with van der Waals surface area (Å²) >= 11 is 3.47. The van der Waals surface area contributed by atoms with E-state index in [1.54, 1.807) is 12.5 Å². The summed E-state index contributed by atoms with van der Waals surface area (Å²) in [6.45, 7) is 0. The standard InChI is InChI=1S/C14H14BrN5/c1-17-13-6-11-12(7-18-13)19-8-20-14(11,16)9-3-2-4-10(15)5-9/h2-8H,16H2,1H3,(H,17,18)(H,19,20).